The predicted octanol–water partition coefficient (Wildman–Crippen LogP) is 3.24. The fraction of sp³-hybridized carbons (Fsp3) is 0.583. The monoisotopic (exact) mass is 196 g/mol. The molecule has 2 heteroatoms. The van der Waals surface area contributed by atoms with Crippen molar-refractivity contribution in [2.75, 3.05) is 6.61 Å². The van der Waals surface area contributed by atoms with Crippen molar-refractivity contribution in [2.45, 2.75) is 39.0 Å². The van der Waals surface area contributed by atoms with E-state index in [1.54, 1.807) is 6.08 Å². The minimum absolute atomic E-state index is 0.271. The Morgan fingerprint density at radius 3 is 2.64 bits per heavy atom. The molecule has 14 heavy (non-hydrogen) atoms. The van der Waals surface area contributed by atoms with E-state index in [1.807, 2.05) is 0 Å². The summed E-state index contributed by atoms with van der Waals surface area (Å²) in [7, 11) is 0. The Hall–Kier alpha value is -1.05. The van der Waals surface area contributed by atoms with Crippen molar-refractivity contribution in [3.63, 3.8) is 0 Å². The van der Waals surface area contributed by atoms with E-state index in [1.165, 1.54) is 12.8 Å². The average molecular weight is 196 g/mol. The van der Waals surface area contributed by atoms with Crippen LogP contribution in [0.15, 0.2) is 24.8 Å². The number of carbonyl (C=O) groups excluding carboxylic acids is 1. The van der Waals surface area contributed by atoms with E-state index >= 15 is 0 Å². The van der Waals surface area contributed by atoms with Gasteiger partial charge in [-0.2, -0.15) is 0 Å². The lowest BCUT2D eigenvalue weighted by Gasteiger charge is -2.04. The zero-order chi connectivity index (χ0) is 10.8. The van der Waals surface area contributed by atoms with Crippen LogP contribution < -0.4 is 0 Å². The summed E-state index contributed by atoms with van der Waals surface area (Å²) in [5.74, 6) is -0.290. The molecule has 0 aliphatic heterocycles. The van der Waals surface area contributed by atoms with Gasteiger partial charge in [0.1, 0.15) is 6.61 Å². The highest BCUT2D eigenvalue weighted by Crippen LogP contribution is 2.09. The molecule has 0 amide bonds. The van der Waals surface area contributed by atoms with Gasteiger partial charge in [-0.3, -0.25) is 0 Å². The van der Waals surface area contributed by atoms with Gasteiger partial charge < -0.3 is 4.74 Å². The van der Waals surface area contributed by atoms with Gasteiger partial charge in [-0.25, -0.2) is 4.79 Å². The smallest absolute Gasteiger partial charge is 0.333 e. The molecule has 0 aromatic rings. The van der Waals surface area contributed by atoms with Crippen LogP contribution in [0.25, 0.3) is 0 Å². The topological polar surface area (TPSA) is 26.3 Å². The molecule has 0 heterocycles. The normalized spacial score (nSPS) is 9.50. The molecule has 0 aromatic carbocycles. The maximum Gasteiger partial charge on any atom is 0.333 e. The first-order chi connectivity index (χ1) is 6.72. The average Bonchev–Trinajstić information content (AvgIpc) is 2.20. The van der Waals surface area contributed by atoms with Gasteiger partial charge in [0, 0.05) is 5.57 Å². The Morgan fingerprint density at radius 2 is 2.07 bits per heavy atom. The van der Waals surface area contributed by atoms with Gasteiger partial charge in [-0.15, -0.1) is 0 Å². The summed E-state index contributed by atoms with van der Waals surface area (Å²) < 4.78 is 4.85. The van der Waals surface area contributed by atoms with Crippen LogP contribution in [0.2, 0.25) is 0 Å². The van der Waals surface area contributed by atoms with Crippen LogP contribution in [-0.2, 0) is 9.53 Å². The molecule has 0 N–H and O–H groups in total. The Kier molecular flexibility index (Phi) is 7.90. The fourth-order valence-corrected chi connectivity index (χ4v) is 1.10. The van der Waals surface area contributed by atoms with E-state index < -0.39 is 0 Å². The second kappa shape index (κ2) is 8.54. The minimum Gasteiger partial charge on any atom is -0.458 e. The first-order valence-corrected chi connectivity index (χ1v) is 5.18. The SMILES string of the molecule is C=CCOC(=O)C(=C)CCCCCC. The van der Waals surface area contributed by atoms with Crippen LogP contribution >= 0.6 is 0 Å². The van der Waals surface area contributed by atoms with Gasteiger partial charge in [-0.05, 0) is 12.8 Å². The summed E-state index contributed by atoms with van der Waals surface area (Å²) >= 11 is 0. The van der Waals surface area contributed by atoms with E-state index in [9.17, 15) is 4.79 Å². The minimum atomic E-state index is -0.290. The Bertz CT molecular complexity index is 194. The molecule has 0 rings (SSSR count). The van der Waals surface area contributed by atoms with E-state index in [-0.39, 0.29) is 12.6 Å². The number of esters is 1. The summed E-state index contributed by atoms with van der Waals surface area (Å²) in [5.41, 5.74) is 0.572. The maximum absolute atomic E-state index is 11.2. The maximum atomic E-state index is 11.2. The lowest BCUT2D eigenvalue weighted by atomic mass is 10.1. The molecular formula is C12H20O2. The summed E-state index contributed by atoms with van der Waals surface area (Å²) in [6.07, 6.45) is 6.90. The van der Waals surface area contributed by atoms with Crippen LogP contribution in [0.1, 0.15) is 39.0 Å². The van der Waals surface area contributed by atoms with Crippen molar-refractivity contribution in [3.8, 4) is 0 Å². The second-order valence-electron chi connectivity index (χ2n) is 3.30. The van der Waals surface area contributed by atoms with Crippen molar-refractivity contribution in [1.82, 2.24) is 0 Å². The number of rotatable bonds is 8. The highest BCUT2D eigenvalue weighted by molar-refractivity contribution is 5.87. The molecule has 2 nitrogen and oxygen atoms in total. The Balaban J connectivity index is 3.52. The van der Waals surface area contributed by atoms with Crippen molar-refractivity contribution >= 4 is 5.97 Å². The Morgan fingerprint density at radius 1 is 1.36 bits per heavy atom. The van der Waals surface area contributed by atoms with Crippen molar-refractivity contribution in [2.24, 2.45) is 0 Å². The molecule has 80 valence electrons. The number of ether oxygens (including phenoxy) is 1. The van der Waals surface area contributed by atoms with Crippen LogP contribution in [-0.4, -0.2) is 12.6 Å². The van der Waals surface area contributed by atoms with Gasteiger partial charge in [0.05, 0.1) is 0 Å². The molecule has 0 saturated heterocycles. The fourth-order valence-electron chi connectivity index (χ4n) is 1.10. The molecule has 0 radical (unpaired) electrons. The van der Waals surface area contributed by atoms with E-state index in [0.717, 1.165) is 19.3 Å². The second-order valence-corrected chi connectivity index (χ2v) is 3.30. The van der Waals surface area contributed by atoms with E-state index in [4.69, 9.17) is 4.74 Å². The highest BCUT2D eigenvalue weighted by atomic mass is 16.5. The molecule has 0 saturated carbocycles. The molecule has 0 aromatic heterocycles. The predicted molar refractivity (Wildman–Crippen MR) is 59.1 cm³/mol. The number of unbranched alkanes of at least 4 members (excludes halogenated alkanes) is 3. The lowest BCUT2D eigenvalue weighted by Crippen LogP contribution is -2.06. The quantitative estimate of drug-likeness (QED) is 0.258. The summed E-state index contributed by atoms with van der Waals surface area (Å²) in [4.78, 5) is 11.2. The third kappa shape index (κ3) is 6.46. The molecule has 0 spiro atoms. The molecule has 0 aliphatic rings. The van der Waals surface area contributed by atoms with Crippen LogP contribution in [0.4, 0.5) is 0 Å². The zero-order valence-electron chi connectivity index (χ0n) is 9.05. The summed E-state index contributed by atoms with van der Waals surface area (Å²) in [5, 5.41) is 0. The molecule has 0 atom stereocenters. The van der Waals surface area contributed by atoms with Crippen LogP contribution in [0.3, 0.4) is 0 Å². The number of carbonyl (C=O) groups is 1. The van der Waals surface area contributed by atoms with Crippen LogP contribution in [0, 0.1) is 0 Å². The van der Waals surface area contributed by atoms with Crippen LogP contribution in [0.5, 0.6) is 0 Å². The molecular weight excluding hydrogens is 176 g/mol. The van der Waals surface area contributed by atoms with Gasteiger partial charge in [0.2, 0.25) is 0 Å². The van der Waals surface area contributed by atoms with Gasteiger partial charge in [-0.1, -0.05) is 45.4 Å². The first kappa shape index (κ1) is 12.9. The van der Waals surface area contributed by atoms with Gasteiger partial charge in [0.15, 0.2) is 0 Å². The molecule has 0 fully saturated rings. The van der Waals surface area contributed by atoms with Gasteiger partial charge in [0.25, 0.3) is 0 Å². The summed E-state index contributed by atoms with van der Waals surface area (Å²) in [6.45, 7) is 9.60. The summed E-state index contributed by atoms with van der Waals surface area (Å²) in [6, 6.07) is 0. The molecule has 0 bridgehead atoms. The largest absolute Gasteiger partial charge is 0.458 e. The molecule has 0 aliphatic carbocycles. The number of hydrogen-bond donors (Lipinski definition) is 0. The van der Waals surface area contributed by atoms with Crippen molar-refractivity contribution in [3.05, 3.63) is 24.8 Å². The highest BCUT2D eigenvalue weighted by Gasteiger charge is 2.06. The number of hydrogen-bond acceptors (Lipinski definition) is 2. The van der Waals surface area contributed by atoms with Crippen molar-refractivity contribution < 1.29 is 9.53 Å². The third-order valence-electron chi connectivity index (χ3n) is 1.95. The van der Waals surface area contributed by atoms with E-state index in [0.29, 0.717) is 5.57 Å². The first-order valence-electron chi connectivity index (χ1n) is 5.18. The van der Waals surface area contributed by atoms with Crippen molar-refractivity contribution in [1.29, 1.82) is 0 Å². The third-order valence-corrected chi connectivity index (χ3v) is 1.95. The van der Waals surface area contributed by atoms with E-state index in [2.05, 4.69) is 20.1 Å². The van der Waals surface area contributed by atoms with Gasteiger partial charge >= 0.3 is 5.97 Å². The lowest BCUT2D eigenvalue weighted by molar-refractivity contribution is -0.137. The molecule has 0 unspecified atom stereocenters. The standard InChI is InChI=1S/C12H20O2/c1-4-6-7-8-9-11(3)12(13)14-10-5-2/h5H,2-4,6-10H2,1H3. The Labute approximate surface area is 86.6 Å². The zero-order valence-corrected chi connectivity index (χ0v) is 9.05.